The highest BCUT2D eigenvalue weighted by atomic mass is 16.5. The predicted octanol–water partition coefficient (Wildman–Crippen LogP) is 3.12. The topological polar surface area (TPSA) is 46.8 Å². The molecule has 21 heavy (non-hydrogen) atoms. The minimum absolute atomic E-state index is 0.0242. The Morgan fingerprint density at radius 2 is 1.90 bits per heavy atom. The van der Waals surface area contributed by atoms with Gasteiger partial charge < -0.3 is 14.2 Å². The van der Waals surface area contributed by atoms with Crippen molar-refractivity contribution in [2.75, 3.05) is 7.11 Å². The van der Waals surface area contributed by atoms with Crippen LogP contribution in [0.1, 0.15) is 16.7 Å². The summed E-state index contributed by atoms with van der Waals surface area (Å²) in [7, 11) is 1.67. The molecule has 0 saturated carbocycles. The monoisotopic (exact) mass is 282 g/mol. The molecule has 0 saturated heterocycles. The van der Waals surface area contributed by atoms with Crippen LogP contribution in [0.25, 0.3) is 16.9 Å². The first-order valence-electron chi connectivity index (χ1n) is 6.86. The van der Waals surface area contributed by atoms with Crippen LogP contribution in [-0.4, -0.2) is 21.6 Å². The predicted molar refractivity (Wildman–Crippen MR) is 82.6 cm³/mol. The third kappa shape index (κ3) is 2.38. The summed E-state index contributed by atoms with van der Waals surface area (Å²) in [6.45, 7) is 4.17. The number of aryl methyl sites for hydroxylation is 2. The van der Waals surface area contributed by atoms with E-state index in [1.54, 1.807) is 7.11 Å². The SMILES string of the molecule is COc1cc(C)c(C)cc1-c1cn2cc(CO)ccc2n1. The Bertz CT molecular complexity index is 806. The maximum atomic E-state index is 9.22. The second-order valence-electron chi connectivity index (χ2n) is 5.22. The Labute approximate surface area is 123 Å². The van der Waals surface area contributed by atoms with Gasteiger partial charge in [-0.2, -0.15) is 0 Å². The van der Waals surface area contributed by atoms with E-state index in [-0.39, 0.29) is 6.61 Å². The van der Waals surface area contributed by atoms with Crippen LogP contribution in [0, 0.1) is 13.8 Å². The highest BCUT2D eigenvalue weighted by Crippen LogP contribution is 2.32. The van der Waals surface area contributed by atoms with E-state index in [1.165, 1.54) is 11.1 Å². The lowest BCUT2D eigenvalue weighted by Gasteiger charge is -2.09. The fourth-order valence-corrected chi connectivity index (χ4v) is 2.42. The molecule has 0 radical (unpaired) electrons. The van der Waals surface area contributed by atoms with Crippen molar-refractivity contribution < 1.29 is 9.84 Å². The van der Waals surface area contributed by atoms with Gasteiger partial charge in [-0.25, -0.2) is 4.98 Å². The molecule has 4 heteroatoms. The van der Waals surface area contributed by atoms with E-state index in [2.05, 4.69) is 24.9 Å². The number of aromatic nitrogens is 2. The summed E-state index contributed by atoms with van der Waals surface area (Å²) in [4.78, 5) is 4.64. The van der Waals surface area contributed by atoms with E-state index in [1.807, 2.05) is 35.0 Å². The molecule has 0 bridgehead atoms. The zero-order valence-electron chi connectivity index (χ0n) is 12.4. The van der Waals surface area contributed by atoms with Crippen LogP contribution in [0.4, 0.5) is 0 Å². The summed E-state index contributed by atoms with van der Waals surface area (Å²) in [5, 5.41) is 9.22. The number of hydrogen-bond acceptors (Lipinski definition) is 3. The lowest BCUT2D eigenvalue weighted by Crippen LogP contribution is -1.91. The second-order valence-corrected chi connectivity index (χ2v) is 5.22. The molecule has 108 valence electrons. The van der Waals surface area contributed by atoms with Crippen molar-refractivity contribution in [3.8, 4) is 17.0 Å². The van der Waals surface area contributed by atoms with Crippen LogP contribution >= 0.6 is 0 Å². The molecular formula is C17H18N2O2. The van der Waals surface area contributed by atoms with Gasteiger partial charge >= 0.3 is 0 Å². The molecule has 3 aromatic rings. The van der Waals surface area contributed by atoms with Gasteiger partial charge in [-0.3, -0.25) is 0 Å². The van der Waals surface area contributed by atoms with Crippen molar-refractivity contribution in [1.29, 1.82) is 0 Å². The molecule has 3 rings (SSSR count). The number of fused-ring (bicyclic) bond motifs is 1. The molecule has 0 aliphatic rings. The van der Waals surface area contributed by atoms with Crippen molar-refractivity contribution in [3.63, 3.8) is 0 Å². The largest absolute Gasteiger partial charge is 0.496 e. The van der Waals surface area contributed by atoms with Gasteiger partial charge in [0.2, 0.25) is 0 Å². The van der Waals surface area contributed by atoms with E-state index < -0.39 is 0 Å². The van der Waals surface area contributed by atoms with E-state index in [0.29, 0.717) is 0 Å². The standard InChI is InChI=1S/C17H18N2O2/c1-11-6-14(16(21-3)7-12(11)2)15-9-19-8-13(10-20)4-5-17(19)18-15/h4-9,20H,10H2,1-3H3. The van der Waals surface area contributed by atoms with Crippen LogP contribution in [0.15, 0.2) is 36.7 Å². The Morgan fingerprint density at radius 1 is 1.14 bits per heavy atom. The summed E-state index contributed by atoms with van der Waals surface area (Å²) < 4.78 is 7.41. The summed E-state index contributed by atoms with van der Waals surface area (Å²) >= 11 is 0. The van der Waals surface area contributed by atoms with Crippen molar-refractivity contribution in [1.82, 2.24) is 9.38 Å². The third-order valence-electron chi connectivity index (χ3n) is 3.79. The average molecular weight is 282 g/mol. The Hall–Kier alpha value is -2.33. The van der Waals surface area contributed by atoms with Crippen LogP contribution in [-0.2, 0) is 6.61 Å². The van der Waals surface area contributed by atoms with Gasteiger partial charge in [0.05, 0.1) is 19.4 Å². The molecule has 0 unspecified atom stereocenters. The average Bonchev–Trinajstić information content (AvgIpc) is 2.92. The van der Waals surface area contributed by atoms with E-state index in [4.69, 9.17) is 4.74 Å². The summed E-state index contributed by atoms with van der Waals surface area (Å²) in [6, 6.07) is 7.92. The van der Waals surface area contributed by atoms with Crippen LogP contribution in [0.5, 0.6) is 5.75 Å². The summed E-state index contributed by atoms with van der Waals surface area (Å²) in [5.41, 5.74) is 5.96. The Balaban J connectivity index is 2.18. The second kappa shape index (κ2) is 5.22. The molecule has 0 atom stereocenters. The zero-order chi connectivity index (χ0) is 15.0. The van der Waals surface area contributed by atoms with Crippen molar-refractivity contribution >= 4 is 5.65 Å². The Kier molecular flexibility index (Phi) is 3.39. The van der Waals surface area contributed by atoms with Gasteiger partial charge in [0, 0.05) is 18.0 Å². The number of benzene rings is 1. The molecule has 0 spiro atoms. The summed E-state index contributed by atoms with van der Waals surface area (Å²) in [6.07, 6.45) is 3.85. The normalized spacial score (nSPS) is 11.0. The first kappa shape index (κ1) is 13.6. The number of methoxy groups -OCH3 is 1. The first-order chi connectivity index (χ1) is 10.1. The molecule has 0 fully saturated rings. The number of aliphatic hydroxyl groups is 1. The van der Waals surface area contributed by atoms with Gasteiger partial charge in [0.15, 0.2) is 0 Å². The summed E-state index contributed by atoms with van der Waals surface area (Å²) in [5.74, 6) is 0.823. The lowest BCUT2D eigenvalue weighted by molar-refractivity contribution is 0.281. The van der Waals surface area contributed by atoms with Crippen LogP contribution < -0.4 is 4.74 Å². The maximum Gasteiger partial charge on any atom is 0.137 e. The van der Waals surface area contributed by atoms with E-state index in [9.17, 15) is 5.11 Å². The molecule has 1 N–H and O–H groups in total. The fraction of sp³-hybridized carbons (Fsp3) is 0.235. The molecule has 0 amide bonds. The third-order valence-corrected chi connectivity index (χ3v) is 3.79. The van der Waals surface area contributed by atoms with Crippen molar-refractivity contribution in [2.45, 2.75) is 20.5 Å². The maximum absolute atomic E-state index is 9.22. The smallest absolute Gasteiger partial charge is 0.137 e. The molecule has 1 aromatic carbocycles. The van der Waals surface area contributed by atoms with Gasteiger partial charge in [0.1, 0.15) is 11.4 Å². The minimum Gasteiger partial charge on any atom is -0.496 e. The molecule has 0 aliphatic heterocycles. The van der Waals surface area contributed by atoms with Gasteiger partial charge in [0.25, 0.3) is 0 Å². The van der Waals surface area contributed by atoms with Gasteiger partial charge in [-0.15, -0.1) is 0 Å². The number of rotatable bonds is 3. The highest BCUT2D eigenvalue weighted by molar-refractivity contribution is 5.71. The van der Waals surface area contributed by atoms with Crippen molar-refractivity contribution in [3.05, 3.63) is 53.3 Å². The minimum atomic E-state index is 0.0242. The van der Waals surface area contributed by atoms with E-state index >= 15 is 0 Å². The number of imidazole rings is 1. The first-order valence-corrected chi connectivity index (χ1v) is 6.86. The number of nitrogens with zero attached hydrogens (tertiary/aromatic N) is 2. The molecule has 4 nitrogen and oxygen atoms in total. The molecule has 2 heterocycles. The molecule has 2 aromatic heterocycles. The molecule has 0 aliphatic carbocycles. The van der Waals surface area contributed by atoms with Gasteiger partial charge in [-0.05, 0) is 48.7 Å². The number of hydrogen-bond donors (Lipinski definition) is 1. The quantitative estimate of drug-likeness (QED) is 0.803. The zero-order valence-corrected chi connectivity index (χ0v) is 12.4. The number of pyridine rings is 1. The van der Waals surface area contributed by atoms with Crippen LogP contribution in [0.3, 0.4) is 0 Å². The number of ether oxygens (including phenoxy) is 1. The Morgan fingerprint density at radius 3 is 2.62 bits per heavy atom. The fourth-order valence-electron chi connectivity index (χ4n) is 2.42. The van der Waals surface area contributed by atoms with Gasteiger partial charge in [-0.1, -0.05) is 6.07 Å². The number of aliphatic hydroxyl groups excluding tert-OH is 1. The molecular weight excluding hydrogens is 264 g/mol. The lowest BCUT2D eigenvalue weighted by atomic mass is 10.0. The van der Waals surface area contributed by atoms with E-state index in [0.717, 1.165) is 28.2 Å². The highest BCUT2D eigenvalue weighted by Gasteiger charge is 2.12. The van der Waals surface area contributed by atoms with Crippen molar-refractivity contribution in [2.24, 2.45) is 0 Å². The van der Waals surface area contributed by atoms with Crippen LogP contribution in [0.2, 0.25) is 0 Å².